The zero-order valence-electron chi connectivity index (χ0n) is 8.97. The third kappa shape index (κ3) is 1.63. The van der Waals surface area contributed by atoms with Gasteiger partial charge in [0.25, 0.3) is 0 Å². The van der Waals surface area contributed by atoms with E-state index < -0.39 is 0 Å². The molecule has 4 nitrogen and oxygen atoms in total. The highest BCUT2D eigenvalue weighted by atomic mass is 15.3. The predicted molar refractivity (Wildman–Crippen MR) is 59.9 cm³/mol. The third-order valence-corrected chi connectivity index (χ3v) is 3.49. The molecule has 0 bridgehead atoms. The first-order chi connectivity index (χ1) is 7.38. The van der Waals surface area contributed by atoms with Crippen LogP contribution in [0, 0.1) is 5.92 Å². The molecule has 2 aliphatic rings. The summed E-state index contributed by atoms with van der Waals surface area (Å²) in [6.45, 7) is 3.01. The Morgan fingerprint density at radius 1 is 1.40 bits per heavy atom. The Hall–Kier alpha value is -1.03. The van der Waals surface area contributed by atoms with Gasteiger partial charge in [-0.3, -0.25) is 0 Å². The summed E-state index contributed by atoms with van der Waals surface area (Å²) in [5.41, 5.74) is 5.71. The van der Waals surface area contributed by atoms with E-state index in [0.29, 0.717) is 5.92 Å². The van der Waals surface area contributed by atoms with E-state index in [9.17, 15) is 0 Å². The summed E-state index contributed by atoms with van der Waals surface area (Å²) in [6, 6.07) is 0.722. The Bertz CT molecular complexity index is 342. The smallest absolute Gasteiger partial charge is 0.205 e. The van der Waals surface area contributed by atoms with Gasteiger partial charge in [0.15, 0.2) is 0 Å². The van der Waals surface area contributed by atoms with Crippen molar-refractivity contribution in [1.82, 2.24) is 9.55 Å². The molecule has 3 rings (SSSR count). The normalized spacial score (nSPS) is 26.2. The van der Waals surface area contributed by atoms with Crippen molar-refractivity contribution in [1.29, 1.82) is 0 Å². The van der Waals surface area contributed by atoms with Crippen molar-refractivity contribution in [3.05, 3.63) is 12.4 Å². The highest BCUT2D eigenvalue weighted by Crippen LogP contribution is 2.38. The minimum Gasteiger partial charge on any atom is -0.342 e. The summed E-state index contributed by atoms with van der Waals surface area (Å²) in [6.07, 6.45) is 7.88. The molecule has 82 valence electrons. The summed E-state index contributed by atoms with van der Waals surface area (Å²) in [4.78, 5) is 6.86. The fraction of sp³-hybridized carbons (Fsp3) is 0.727. The summed E-state index contributed by atoms with van der Waals surface area (Å²) in [5.74, 6) is 1.82. The molecule has 1 unspecified atom stereocenters. The van der Waals surface area contributed by atoms with Crippen LogP contribution in [0.3, 0.4) is 0 Å². The topological polar surface area (TPSA) is 47.1 Å². The van der Waals surface area contributed by atoms with Gasteiger partial charge in [-0.25, -0.2) is 4.98 Å². The first-order valence-corrected chi connectivity index (χ1v) is 5.86. The van der Waals surface area contributed by atoms with Crippen LogP contribution in [0.5, 0.6) is 0 Å². The fourth-order valence-electron chi connectivity index (χ4n) is 2.39. The molecule has 1 aliphatic heterocycles. The third-order valence-electron chi connectivity index (χ3n) is 3.49. The van der Waals surface area contributed by atoms with Gasteiger partial charge in [-0.2, -0.15) is 0 Å². The number of nitrogens with two attached hydrogens (primary N) is 1. The Balaban J connectivity index is 1.78. The van der Waals surface area contributed by atoms with Gasteiger partial charge in [0.1, 0.15) is 0 Å². The molecule has 2 N–H and O–H groups in total. The second kappa shape index (κ2) is 3.52. The number of imidazole rings is 1. The van der Waals surface area contributed by atoms with E-state index in [0.717, 1.165) is 31.6 Å². The van der Waals surface area contributed by atoms with Gasteiger partial charge in [-0.15, -0.1) is 0 Å². The van der Waals surface area contributed by atoms with Crippen LogP contribution in [0.25, 0.3) is 0 Å². The molecule has 0 aromatic carbocycles. The largest absolute Gasteiger partial charge is 0.342 e. The second-order valence-corrected chi connectivity index (χ2v) is 4.70. The van der Waals surface area contributed by atoms with E-state index in [1.54, 1.807) is 0 Å². The van der Waals surface area contributed by atoms with Gasteiger partial charge >= 0.3 is 0 Å². The quantitative estimate of drug-likeness (QED) is 0.802. The van der Waals surface area contributed by atoms with Gasteiger partial charge in [0, 0.05) is 31.5 Å². The molecule has 1 saturated carbocycles. The van der Waals surface area contributed by atoms with Crippen LogP contribution in [0.2, 0.25) is 0 Å². The molecular weight excluding hydrogens is 188 g/mol. The monoisotopic (exact) mass is 206 g/mol. The van der Waals surface area contributed by atoms with E-state index in [1.165, 1.54) is 19.3 Å². The van der Waals surface area contributed by atoms with Crippen molar-refractivity contribution in [3.8, 4) is 0 Å². The van der Waals surface area contributed by atoms with Gasteiger partial charge < -0.3 is 15.2 Å². The van der Waals surface area contributed by atoms with Crippen molar-refractivity contribution in [2.24, 2.45) is 11.7 Å². The molecule has 4 heteroatoms. The van der Waals surface area contributed by atoms with Crippen LogP contribution in [-0.4, -0.2) is 29.2 Å². The zero-order valence-corrected chi connectivity index (χ0v) is 8.97. The highest BCUT2D eigenvalue weighted by Gasteiger charge is 2.30. The van der Waals surface area contributed by atoms with Gasteiger partial charge in [0.05, 0.1) is 0 Å². The van der Waals surface area contributed by atoms with E-state index in [2.05, 4.69) is 20.6 Å². The van der Waals surface area contributed by atoms with Gasteiger partial charge in [-0.1, -0.05) is 0 Å². The van der Waals surface area contributed by atoms with Crippen LogP contribution in [-0.2, 0) is 0 Å². The van der Waals surface area contributed by atoms with E-state index in [-0.39, 0.29) is 0 Å². The number of nitrogens with zero attached hydrogens (tertiary/aromatic N) is 3. The molecule has 15 heavy (non-hydrogen) atoms. The number of hydrogen-bond donors (Lipinski definition) is 1. The minimum atomic E-state index is 0.661. The second-order valence-electron chi connectivity index (χ2n) is 4.70. The number of rotatable bonds is 3. The lowest BCUT2D eigenvalue weighted by atomic mass is 10.1. The molecule has 1 aromatic heterocycles. The van der Waals surface area contributed by atoms with Gasteiger partial charge in [-0.05, 0) is 31.7 Å². The van der Waals surface area contributed by atoms with Gasteiger partial charge in [0.2, 0.25) is 5.95 Å². The highest BCUT2D eigenvalue weighted by molar-refractivity contribution is 5.34. The molecule has 0 radical (unpaired) electrons. The van der Waals surface area contributed by atoms with Crippen LogP contribution in [0.1, 0.15) is 25.3 Å². The molecule has 1 aliphatic carbocycles. The molecule has 2 heterocycles. The average molecular weight is 206 g/mol. The van der Waals surface area contributed by atoms with Crippen LogP contribution in [0.15, 0.2) is 12.4 Å². The lowest BCUT2D eigenvalue weighted by molar-refractivity contribution is 0.599. The SMILES string of the molecule is NCC1CCN(c2nccn2C2CC2)C1. The van der Waals surface area contributed by atoms with Crippen molar-refractivity contribution in [3.63, 3.8) is 0 Å². The maximum atomic E-state index is 5.71. The van der Waals surface area contributed by atoms with E-state index >= 15 is 0 Å². The Morgan fingerprint density at radius 3 is 2.93 bits per heavy atom. The molecule has 1 saturated heterocycles. The molecule has 1 atom stereocenters. The first kappa shape index (κ1) is 9.21. The number of hydrogen-bond acceptors (Lipinski definition) is 3. The molecule has 2 fully saturated rings. The predicted octanol–water partition coefficient (Wildman–Crippen LogP) is 1.00. The van der Waals surface area contributed by atoms with E-state index in [4.69, 9.17) is 5.73 Å². The maximum Gasteiger partial charge on any atom is 0.205 e. The Morgan fingerprint density at radius 2 is 2.27 bits per heavy atom. The minimum absolute atomic E-state index is 0.661. The zero-order chi connectivity index (χ0) is 10.3. The summed E-state index contributed by atoms with van der Waals surface area (Å²) >= 11 is 0. The van der Waals surface area contributed by atoms with Crippen molar-refractivity contribution in [2.45, 2.75) is 25.3 Å². The van der Waals surface area contributed by atoms with Crippen molar-refractivity contribution < 1.29 is 0 Å². The molecule has 0 amide bonds. The van der Waals surface area contributed by atoms with Crippen LogP contribution < -0.4 is 10.6 Å². The summed E-state index contributed by atoms with van der Waals surface area (Å²) in [5, 5.41) is 0. The summed E-state index contributed by atoms with van der Waals surface area (Å²) < 4.78 is 2.33. The number of aromatic nitrogens is 2. The Labute approximate surface area is 90.1 Å². The van der Waals surface area contributed by atoms with E-state index in [1.807, 2.05) is 6.20 Å². The lowest BCUT2D eigenvalue weighted by Gasteiger charge is -2.18. The average Bonchev–Trinajstić information content (AvgIpc) is 2.83. The first-order valence-electron chi connectivity index (χ1n) is 5.86. The Kier molecular flexibility index (Phi) is 2.16. The fourth-order valence-corrected chi connectivity index (χ4v) is 2.39. The maximum absolute atomic E-state index is 5.71. The van der Waals surface area contributed by atoms with Crippen molar-refractivity contribution >= 4 is 5.95 Å². The standard InChI is InChI=1S/C11H18N4/c12-7-9-3-5-14(8-9)11-13-4-6-15(11)10-1-2-10/h4,6,9-10H,1-3,5,7-8,12H2. The molecule has 1 aromatic rings. The van der Waals surface area contributed by atoms with Crippen molar-refractivity contribution in [2.75, 3.05) is 24.5 Å². The van der Waals surface area contributed by atoms with Crippen LogP contribution >= 0.6 is 0 Å². The van der Waals surface area contributed by atoms with Crippen LogP contribution in [0.4, 0.5) is 5.95 Å². The summed E-state index contributed by atoms with van der Waals surface area (Å²) in [7, 11) is 0. The lowest BCUT2D eigenvalue weighted by Crippen LogP contribution is -2.25. The molecular formula is C11H18N4. The molecule has 0 spiro atoms. The number of anilines is 1.